The lowest BCUT2D eigenvalue weighted by Crippen LogP contribution is -3.63. The predicted octanol–water partition coefficient (Wildman–Crippen LogP) is 4.02. The van der Waals surface area contributed by atoms with E-state index < -0.39 is 0 Å². The van der Waals surface area contributed by atoms with Crippen LogP contribution in [0.15, 0.2) is 0 Å². The maximum atomic E-state index is 1.83. The molecular formula is C45H28. The zero-order chi connectivity index (χ0) is 24.9. The Hall–Kier alpha value is 0. The normalized spacial score (nSPS) is 140. The van der Waals surface area contributed by atoms with E-state index in [0.717, 1.165) is 114 Å². The second-order valence-corrected chi connectivity index (χ2v) is 29.0. The molecule has 32 aliphatic rings. The minimum atomic E-state index is 1.11. The molecule has 0 amide bonds. The summed E-state index contributed by atoms with van der Waals surface area (Å²) in [6, 6.07) is 0. The molecule has 32 rings (SSSR count). The summed E-state index contributed by atoms with van der Waals surface area (Å²) in [4.78, 5) is 0. The van der Waals surface area contributed by atoms with Crippen LogP contribution in [0.25, 0.3) is 0 Å². The van der Waals surface area contributed by atoms with Gasteiger partial charge in [0, 0.05) is 0 Å². The highest BCUT2D eigenvalue weighted by atomic mass is 15.7. The lowest BCUT2D eigenvalue weighted by Gasteiger charge is -3.64. The Morgan fingerprint density at radius 1 is 0.200 bits per heavy atom. The van der Waals surface area contributed by atoms with Crippen molar-refractivity contribution in [3.63, 3.8) is 0 Å². The molecular weight excluding hydrogens is 540 g/mol. The van der Waals surface area contributed by atoms with Crippen molar-refractivity contribution in [3.05, 3.63) is 0 Å². The van der Waals surface area contributed by atoms with E-state index in [-0.39, 0.29) is 0 Å². The van der Waals surface area contributed by atoms with Crippen LogP contribution in [0.2, 0.25) is 0 Å². The van der Waals surface area contributed by atoms with Crippen LogP contribution in [0.3, 0.4) is 0 Å². The predicted molar refractivity (Wildman–Crippen MR) is 139 cm³/mol. The van der Waals surface area contributed by atoms with E-state index in [0.29, 0.717) is 0 Å². The van der Waals surface area contributed by atoms with Crippen LogP contribution in [0.4, 0.5) is 0 Å². The Labute approximate surface area is 257 Å². The Balaban J connectivity index is 0.894. The second-order valence-electron chi connectivity index (χ2n) is 29.0. The molecule has 32 fully saturated rings. The summed E-state index contributed by atoms with van der Waals surface area (Å²) in [7, 11) is 0. The molecule has 0 aromatic carbocycles. The molecule has 45 heavy (non-hydrogen) atoms. The highest BCUT2D eigenvalue weighted by Gasteiger charge is 3.66. The van der Waals surface area contributed by atoms with Gasteiger partial charge in [-0.3, -0.25) is 0 Å². The van der Waals surface area contributed by atoms with Gasteiger partial charge in [-0.15, -0.1) is 0 Å². The van der Waals surface area contributed by atoms with Crippen LogP contribution in [0.5, 0.6) is 0 Å². The lowest BCUT2D eigenvalue weighted by atomic mass is 8.38. The Morgan fingerprint density at radius 2 is 0.444 bits per heavy atom. The van der Waals surface area contributed by atoms with Crippen molar-refractivity contribution in [1.29, 1.82) is 0 Å². The number of hydrogen-bond donors (Lipinski definition) is 0. The Bertz CT molecular complexity index is 2520. The summed E-state index contributed by atoms with van der Waals surface area (Å²) in [5, 5.41) is 0. The molecule has 0 aromatic rings. The first-order chi connectivity index (χ1) is 22.4. The van der Waals surface area contributed by atoms with Crippen LogP contribution < -0.4 is 0 Å². The molecule has 0 aromatic heterocycles. The molecule has 0 nitrogen and oxygen atoms in total. The lowest BCUT2D eigenvalue weighted by molar-refractivity contribution is -1.20. The van der Waals surface area contributed by atoms with Crippen LogP contribution in [0.1, 0.15) is 25.7 Å². The van der Waals surface area contributed by atoms with E-state index in [1.165, 1.54) is 118 Å². The Morgan fingerprint density at radius 3 is 0.778 bits per heavy atom. The van der Waals surface area contributed by atoms with E-state index in [1.54, 1.807) is 0 Å². The molecule has 0 bridgehead atoms. The third kappa shape index (κ3) is 0.326. The monoisotopic (exact) mass is 568 g/mol. The molecule has 0 aliphatic heterocycles. The van der Waals surface area contributed by atoms with Gasteiger partial charge in [0.05, 0.1) is 0 Å². The summed E-state index contributed by atoms with van der Waals surface area (Å²) >= 11 is 0. The van der Waals surface area contributed by atoms with Crippen molar-refractivity contribution in [2.75, 3.05) is 0 Å². The highest BCUT2D eigenvalue weighted by molar-refractivity contribution is 6.10. The van der Waals surface area contributed by atoms with Crippen molar-refractivity contribution in [3.8, 4) is 0 Å². The van der Waals surface area contributed by atoms with E-state index >= 15 is 0 Å². The van der Waals surface area contributed by atoms with Gasteiger partial charge in [-0.2, -0.15) is 0 Å². The molecule has 0 radical (unpaired) electrons. The maximum Gasteiger partial charge on any atom is -0.000716 e. The summed E-state index contributed by atoms with van der Waals surface area (Å²) in [6.45, 7) is 0. The first-order valence-electron chi connectivity index (χ1n) is 22.4. The van der Waals surface area contributed by atoms with Crippen LogP contribution >= 0.6 is 0 Å². The number of rotatable bonds is 0. The van der Waals surface area contributed by atoms with Crippen LogP contribution in [-0.4, -0.2) is 0 Å². The average Bonchev–Trinajstić information content (AvgIpc) is 2.89. The molecule has 0 N–H and O–H groups in total. The van der Waals surface area contributed by atoms with Gasteiger partial charge in [0.1, 0.15) is 0 Å². The largest absolute Gasteiger partial charge is 0.0458 e. The summed E-state index contributed by atoms with van der Waals surface area (Å²) in [5.74, 6) is 27.8. The third-order valence-electron chi connectivity index (χ3n) is 38.8. The van der Waals surface area contributed by atoms with Crippen molar-refractivity contribution >= 4 is 0 Å². The molecule has 38 unspecified atom stereocenters. The van der Waals surface area contributed by atoms with Gasteiger partial charge in [-0.25, -0.2) is 0 Å². The first-order valence-corrected chi connectivity index (χ1v) is 22.4. The molecule has 32 saturated carbocycles. The fourth-order valence-corrected chi connectivity index (χ4v) is 49.2. The number of fused-ring (bicyclic) bond motifs is 16. The van der Waals surface area contributed by atoms with Crippen molar-refractivity contribution in [1.82, 2.24) is 0 Å². The molecule has 21 spiro atoms. The molecule has 208 valence electrons. The third-order valence-corrected chi connectivity index (χ3v) is 38.8. The summed E-state index contributed by atoms with van der Waals surface area (Å²) in [6.07, 6.45) is 7.33. The van der Waals surface area contributed by atoms with E-state index in [2.05, 4.69) is 0 Å². The van der Waals surface area contributed by atoms with Crippen molar-refractivity contribution < 1.29 is 0 Å². The second kappa shape index (κ2) is 2.25. The molecule has 0 heteroatoms. The summed E-state index contributed by atoms with van der Waals surface area (Å²) in [5.41, 5.74) is 23.8. The topological polar surface area (TPSA) is 0 Å². The minimum Gasteiger partial charge on any atom is -0.0458 e. The highest BCUT2D eigenvalue weighted by Crippen LogP contribution is 3.67. The smallest absolute Gasteiger partial charge is 0.000716 e. The standard InChI is InChI=1S/C45H28/c1-5-13-6-2-10-16-21-24-22-18-12-4-8-14-7-3-11-17-20-23-19-15-9(1)25(5)29(13)26(6,10)32(16)37(21)40(24)38(22)34(18)28(8,12)30(14)27(7,11)33(17)36(20)39(23)35(19)31(15,25)41(29,32)43(35,37)45(39,40)44(36,38)42(30,33)34/h5-24H,1-4H2/t5?,6?,7?,8?,9-,10?,11?,12?,13?,14?,15?,16?,17?,18?,19?,20?,21?,22?,23?,24?,25+,26-,27?,28?,29?,30?,31?,32?,33?,34?,35?,36?,37?,38?,39?,40?,41?,42?,43?,44?,45?/m1/s1. The summed E-state index contributed by atoms with van der Waals surface area (Å²) < 4.78 is 0. The molecule has 0 saturated heterocycles. The van der Waals surface area contributed by atoms with Crippen LogP contribution in [-0.2, 0) is 0 Å². The van der Waals surface area contributed by atoms with Crippen molar-refractivity contribution in [2.45, 2.75) is 25.7 Å². The van der Waals surface area contributed by atoms with Crippen molar-refractivity contribution in [2.24, 2.45) is 232 Å². The van der Waals surface area contributed by atoms with Crippen LogP contribution in [0, 0.1) is 232 Å². The maximum absolute atomic E-state index is 1.83. The van der Waals surface area contributed by atoms with Gasteiger partial charge >= 0.3 is 0 Å². The van der Waals surface area contributed by atoms with E-state index in [1.807, 2.05) is 25.7 Å². The van der Waals surface area contributed by atoms with Gasteiger partial charge < -0.3 is 0 Å². The fourth-order valence-electron chi connectivity index (χ4n) is 49.2. The number of hydrogen-bond acceptors (Lipinski definition) is 0. The fraction of sp³-hybridized carbons (Fsp3) is 1.00. The Kier molecular flexibility index (Phi) is 0.755. The molecule has 32 aliphatic carbocycles. The zero-order valence-corrected chi connectivity index (χ0v) is 24.9. The van der Waals surface area contributed by atoms with Gasteiger partial charge in [-0.05, 0) is 258 Å². The zero-order valence-electron chi connectivity index (χ0n) is 24.9. The average molecular weight is 569 g/mol. The van der Waals surface area contributed by atoms with E-state index in [9.17, 15) is 0 Å². The minimum absolute atomic E-state index is 1.11. The van der Waals surface area contributed by atoms with Gasteiger partial charge in [0.2, 0.25) is 0 Å². The van der Waals surface area contributed by atoms with Gasteiger partial charge in [0.25, 0.3) is 0 Å². The first kappa shape index (κ1) is 15.1. The SMILES string of the molecule is C1C2C3C4CC5C6C7C8C9C%10[C@H]%11CC%12C%13C%14CC%15C%16C%17C%18C%19C%20C1C21C32C45C63C74C85C96C78C%17(C%189C%19%17C%201C23C%174C957)C%161C82C%106[C@@]%12%11C%132[C@]%15%141. The molecule has 41 atom stereocenters. The quantitative estimate of drug-likeness (QED) is 0.414. The molecule has 0 heterocycles. The van der Waals surface area contributed by atoms with Gasteiger partial charge in [-0.1, -0.05) is 0 Å². The van der Waals surface area contributed by atoms with Gasteiger partial charge in [0.15, 0.2) is 0 Å². The van der Waals surface area contributed by atoms with E-state index in [4.69, 9.17) is 0 Å².